The van der Waals surface area contributed by atoms with Gasteiger partial charge in [-0.2, -0.15) is 0 Å². The van der Waals surface area contributed by atoms with Crippen molar-refractivity contribution in [1.82, 2.24) is 10.6 Å². The molecule has 3 aliphatic carbocycles. The third-order valence-electron chi connectivity index (χ3n) is 6.95. The van der Waals surface area contributed by atoms with Crippen molar-refractivity contribution in [3.8, 4) is 11.5 Å². The summed E-state index contributed by atoms with van der Waals surface area (Å²) in [6, 6.07) is 15.1. The highest BCUT2D eigenvalue weighted by molar-refractivity contribution is 5.98. The molecular weight excluding hydrogens is 380 g/mol. The predicted molar refractivity (Wildman–Crippen MR) is 111 cm³/mol. The molecule has 2 amide bonds. The highest BCUT2D eigenvalue weighted by Gasteiger charge is 2.57. The quantitative estimate of drug-likeness (QED) is 0.817. The summed E-state index contributed by atoms with van der Waals surface area (Å²) in [7, 11) is 1.64. The molecule has 0 aromatic heterocycles. The summed E-state index contributed by atoms with van der Waals surface area (Å²) >= 11 is 0. The molecule has 0 unspecified atom stereocenters. The molecule has 156 valence electrons. The summed E-state index contributed by atoms with van der Waals surface area (Å²) in [4.78, 5) is 25.7. The molecule has 4 atom stereocenters. The molecule has 4 aliphatic rings. The van der Waals surface area contributed by atoms with Crippen LogP contribution in [0, 0.1) is 17.8 Å². The maximum Gasteiger partial charge on any atom is 0.258 e. The van der Waals surface area contributed by atoms with Crippen LogP contribution in [0.2, 0.25) is 0 Å². The zero-order valence-corrected chi connectivity index (χ0v) is 17.0. The monoisotopic (exact) mass is 406 g/mol. The van der Waals surface area contributed by atoms with Crippen LogP contribution in [0.3, 0.4) is 0 Å². The smallest absolute Gasteiger partial charge is 0.258 e. The minimum Gasteiger partial charge on any atom is -0.496 e. The van der Waals surface area contributed by atoms with E-state index in [0.717, 1.165) is 30.6 Å². The number of rotatable bonds is 4. The van der Waals surface area contributed by atoms with Crippen molar-refractivity contribution in [3.63, 3.8) is 0 Å². The Labute approximate surface area is 176 Å². The van der Waals surface area contributed by atoms with E-state index in [-0.39, 0.29) is 29.6 Å². The second-order valence-corrected chi connectivity index (χ2v) is 8.55. The minimum absolute atomic E-state index is 0.0539. The number of benzene rings is 2. The van der Waals surface area contributed by atoms with Crippen molar-refractivity contribution in [1.29, 1.82) is 0 Å². The van der Waals surface area contributed by atoms with E-state index in [1.807, 2.05) is 42.5 Å². The van der Waals surface area contributed by atoms with Gasteiger partial charge in [-0.25, -0.2) is 0 Å². The summed E-state index contributed by atoms with van der Waals surface area (Å²) in [5, 5.41) is 6.24. The summed E-state index contributed by atoms with van der Waals surface area (Å²) in [6.07, 6.45) is 3.35. The number of nitrogens with one attached hydrogen (secondary N) is 2. The van der Waals surface area contributed by atoms with Gasteiger partial charge in [0, 0.05) is 30.4 Å². The molecule has 2 bridgehead atoms. The van der Waals surface area contributed by atoms with Crippen molar-refractivity contribution in [2.24, 2.45) is 17.8 Å². The fourth-order valence-electron chi connectivity index (χ4n) is 5.44. The lowest BCUT2D eigenvalue weighted by Crippen LogP contribution is -2.66. The molecule has 6 heteroatoms. The first-order valence-corrected chi connectivity index (χ1v) is 10.6. The molecule has 6 nitrogen and oxygen atoms in total. The Kier molecular flexibility index (Phi) is 4.65. The lowest BCUT2D eigenvalue weighted by Gasteiger charge is -2.55. The van der Waals surface area contributed by atoms with Gasteiger partial charge in [0.1, 0.15) is 11.5 Å². The Bertz CT molecular complexity index is 991. The topological polar surface area (TPSA) is 76.7 Å². The highest BCUT2D eigenvalue weighted by Crippen LogP contribution is 2.52. The fourth-order valence-corrected chi connectivity index (χ4v) is 5.44. The first-order chi connectivity index (χ1) is 14.6. The summed E-state index contributed by atoms with van der Waals surface area (Å²) in [5.74, 6) is 1.68. The number of hydrogen-bond acceptors (Lipinski definition) is 4. The van der Waals surface area contributed by atoms with Gasteiger partial charge >= 0.3 is 0 Å². The second-order valence-electron chi connectivity index (χ2n) is 8.55. The highest BCUT2D eigenvalue weighted by atomic mass is 16.5. The zero-order chi connectivity index (χ0) is 20.7. The first-order valence-electron chi connectivity index (χ1n) is 10.6. The third kappa shape index (κ3) is 3.11. The van der Waals surface area contributed by atoms with E-state index < -0.39 is 5.72 Å². The average molecular weight is 406 g/mol. The van der Waals surface area contributed by atoms with E-state index >= 15 is 0 Å². The Morgan fingerprint density at radius 2 is 2.00 bits per heavy atom. The lowest BCUT2D eigenvalue weighted by molar-refractivity contribution is -0.146. The van der Waals surface area contributed by atoms with E-state index in [0.29, 0.717) is 24.3 Å². The van der Waals surface area contributed by atoms with E-state index in [1.165, 1.54) is 0 Å². The van der Waals surface area contributed by atoms with E-state index in [4.69, 9.17) is 9.47 Å². The molecule has 0 radical (unpaired) electrons. The number of methoxy groups -OCH3 is 1. The maximum atomic E-state index is 13.0. The lowest BCUT2D eigenvalue weighted by atomic mass is 9.60. The zero-order valence-electron chi connectivity index (χ0n) is 17.0. The summed E-state index contributed by atoms with van der Waals surface area (Å²) in [6.45, 7) is 0.447. The summed E-state index contributed by atoms with van der Waals surface area (Å²) < 4.78 is 11.8. The van der Waals surface area contributed by atoms with E-state index in [9.17, 15) is 9.59 Å². The van der Waals surface area contributed by atoms with Crippen LogP contribution in [0.15, 0.2) is 48.5 Å². The molecule has 1 aliphatic heterocycles. The Balaban J connectivity index is 1.29. The third-order valence-corrected chi connectivity index (χ3v) is 6.95. The standard InChI is InChI=1S/C24H26N2O4/c1-29-20-8-4-2-6-16(20)14-25-22(27)19-12-17-11-10-15(19)13-24(17)26-23(28)18-7-3-5-9-21(18)30-24/h2-9,15,17,19H,10-14H2,1H3,(H,25,27)(H,26,28)/t15-,17+,19+,24+/m0/s1. The number of amides is 2. The van der Waals surface area contributed by atoms with Crippen molar-refractivity contribution < 1.29 is 19.1 Å². The molecule has 2 aromatic carbocycles. The number of hydrogen-bond donors (Lipinski definition) is 2. The van der Waals surface area contributed by atoms with Crippen LogP contribution in [0.4, 0.5) is 0 Å². The molecular formula is C24H26N2O4. The van der Waals surface area contributed by atoms with E-state index in [1.54, 1.807) is 13.2 Å². The Morgan fingerprint density at radius 3 is 2.80 bits per heavy atom. The van der Waals surface area contributed by atoms with Crippen molar-refractivity contribution >= 4 is 11.8 Å². The van der Waals surface area contributed by atoms with Gasteiger partial charge in [-0.15, -0.1) is 0 Å². The van der Waals surface area contributed by atoms with Gasteiger partial charge in [0.05, 0.1) is 12.7 Å². The number of carbonyl (C=O) groups is 2. The van der Waals surface area contributed by atoms with Gasteiger partial charge < -0.3 is 20.1 Å². The SMILES string of the molecule is COc1ccccc1CNC(=O)[C@@H]1C[C@H]2CC[C@H]1C[C@]21NC(=O)c2ccccc2O1. The van der Waals surface area contributed by atoms with Crippen LogP contribution in [-0.2, 0) is 11.3 Å². The molecule has 3 fully saturated rings. The van der Waals surface area contributed by atoms with Gasteiger partial charge in [0.15, 0.2) is 5.72 Å². The number of ether oxygens (including phenoxy) is 2. The molecule has 1 heterocycles. The number of para-hydroxylation sites is 2. The van der Waals surface area contributed by atoms with Crippen LogP contribution in [0.5, 0.6) is 11.5 Å². The minimum atomic E-state index is -0.687. The number of carbonyl (C=O) groups excluding carboxylic acids is 2. The fraction of sp³-hybridized carbons (Fsp3) is 0.417. The van der Waals surface area contributed by atoms with Crippen molar-refractivity contribution in [2.45, 2.75) is 38.0 Å². The molecule has 6 rings (SSSR count). The van der Waals surface area contributed by atoms with Crippen LogP contribution < -0.4 is 20.1 Å². The number of fused-ring (bicyclic) bond motifs is 3. The van der Waals surface area contributed by atoms with Crippen LogP contribution in [-0.4, -0.2) is 24.6 Å². The Morgan fingerprint density at radius 1 is 1.20 bits per heavy atom. The summed E-state index contributed by atoms with van der Waals surface area (Å²) in [5.41, 5.74) is 0.856. The first kappa shape index (κ1) is 19.0. The van der Waals surface area contributed by atoms with Gasteiger partial charge in [-0.1, -0.05) is 30.3 Å². The van der Waals surface area contributed by atoms with Gasteiger partial charge in [-0.3, -0.25) is 9.59 Å². The Hall–Kier alpha value is -3.02. The predicted octanol–water partition coefficient (Wildman–Crippen LogP) is 3.27. The van der Waals surface area contributed by atoms with Crippen LogP contribution in [0.1, 0.15) is 41.6 Å². The molecule has 0 saturated heterocycles. The molecule has 2 aromatic rings. The second kappa shape index (κ2) is 7.35. The van der Waals surface area contributed by atoms with E-state index in [2.05, 4.69) is 10.6 Å². The molecule has 2 N–H and O–H groups in total. The average Bonchev–Trinajstić information content (AvgIpc) is 2.78. The van der Waals surface area contributed by atoms with Crippen molar-refractivity contribution in [2.75, 3.05) is 7.11 Å². The van der Waals surface area contributed by atoms with Gasteiger partial charge in [0.2, 0.25) is 5.91 Å². The molecule has 30 heavy (non-hydrogen) atoms. The van der Waals surface area contributed by atoms with Gasteiger partial charge in [-0.05, 0) is 43.4 Å². The normalized spacial score (nSPS) is 29.0. The van der Waals surface area contributed by atoms with Crippen molar-refractivity contribution in [3.05, 3.63) is 59.7 Å². The maximum absolute atomic E-state index is 13.0. The molecule has 3 saturated carbocycles. The largest absolute Gasteiger partial charge is 0.496 e. The molecule has 1 spiro atoms. The van der Waals surface area contributed by atoms with Crippen LogP contribution >= 0.6 is 0 Å². The van der Waals surface area contributed by atoms with Crippen LogP contribution in [0.25, 0.3) is 0 Å². The van der Waals surface area contributed by atoms with Gasteiger partial charge in [0.25, 0.3) is 5.91 Å².